The molecule has 0 unspecified atom stereocenters. The highest BCUT2D eigenvalue weighted by Gasteiger charge is 2.28. The molecule has 0 bridgehead atoms. The van der Waals surface area contributed by atoms with E-state index >= 15 is 0 Å². The summed E-state index contributed by atoms with van der Waals surface area (Å²) in [4.78, 5) is 25.1. The number of ether oxygens (including phenoxy) is 2. The minimum Gasteiger partial charge on any atom is -0.490 e. The number of amides is 1. The van der Waals surface area contributed by atoms with Gasteiger partial charge in [-0.2, -0.15) is 0 Å². The van der Waals surface area contributed by atoms with Crippen molar-refractivity contribution in [2.75, 3.05) is 24.7 Å². The van der Waals surface area contributed by atoms with E-state index in [1.807, 2.05) is 0 Å². The summed E-state index contributed by atoms with van der Waals surface area (Å²) < 4.78 is 24.5. The number of fused-ring (bicyclic) bond motifs is 1. The zero-order valence-corrected chi connectivity index (χ0v) is 14.2. The molecule has 0 atom stereocenters. The predicted octanol–water partition coefficient (Wildman–Crippen LogP) is 2.89. The van der Waals surface area contributed by atoms with E-state index in [0.29, 0.717) is 42.1 Å². The summed E-state index contributed by atoms with van der Waals surface area (Å²) in [5.41, 5.74) is 1.46. The van der Waals surface area contributed by atoms with Gasteiger partial charge in [0, 0.05) is 17.7 Å². The Morgan fingerprint density at radius 3 is 2.73 bits per heavy atom. The van der Waals surface area contributed by atoms with Crippen molar-refractivity contribution >= 4 is 17.6 Å². The second-order valence-electron chi connectivity index (χ2n) is 5.72. The van der Waals surface area contributed by atoms with Gasteiger partial charge in [-0.1, -0.05) is 6.07 Å². The fraction of sp³-hybridized carbons (Fsp3) is 0.263. The Morgan fingerprint density at radius 2 is 2.00 bits per heavy atom. The van der Waals surface area contributed by atoms with Crippen molar-refractivity contribution in [1.82, 2.24) is 0 Å². The summed E-state index contributed by atoms with van der Waals surface area (Å²) in [5.74, 6) is -1.16. The molecule has 1 N–H and O–H groups in total. The van der Waals surface area contributed by atoms with Gasteiger partial charge in [0.15, 0.2) is 18.1 Å². The molecule has 0 aliphatic carbocycles. The Labute approximate surface area is 149 Å². The molecule has 1 amide bonds. The van der Waals surface area contributed by atoms with Gasteiger partial charge < -0.3 is 19.5 Å². The molecule has 2 aromatic rings. The third-order valence-electron chi connectivity index (χ3n) is 4.06. The van der Waals surface area contributed by atoms with Gasteiger partial charge in [0.1, 0.15) is 5.82 Å². The van der Waals surface area contributed by atoms with Crippen LogP contribution in [0.15, 0.2) is 36.4 Å². The number of hydrogen-bond donors (Lipinski definition) is 1. The van der Waals surface area contributed by atoms with Crippen LogP contribution in [0.4, 0.5) is 10.1 Å². The molecule has 0 saturated carbocycles. The third kappa shape index (κ3) is 3.46. The molecule has 0 spiro atoms. The molecule has 1 aliphatic rings. The zero-order valence-electron chi connectivity index (χ0n) is 14.2. The van der Waals surface area contributed by atoms with Crippen LogP contribution in [0.5, 0.6) is 11.5 Å². The van der Waals surface area contributed by atoms with Crippen molar-refractivity contribution in [1.29, 1.82) is 0 Å². The van der Waals surface area contributed by atoms with Gasteiger partial charge in [0.05, 0.1) is 12.3 Å². The van der Waals surface area contributed by atoms with Crippen LogP contribution in [0.2, 0.25) is 0 Å². The number of hydrogen-bond acceptors (Lipinski definition) is 4. The van der Waals surface area contributed by atoms with Gasteiger partial charge in [0.25, 0.3) is 5.91 Å². The van der Waals surface area contributed by atoms with Crippen LogP contribution in [-0.2, 0) is 11.2 Å². The van der Waals surface area contributed by atoms with Crippen molar-refractivity contribution in [2.24, 2.45) is 0 Å². The molecular formula is C19H18FNO5. The van der Waals surface area contributed by atoms with Gasteiger partial charge in [-0.05, 0) is 43.7 Å². The standard InChI is InChI=1S/C19H18FNO5/c1-2-25-17-10-12(6-7-16(17)26-11-18(22)23)19(24)21-9-8-13-14(20)4-3-5-15(13)21/h3-7,10H,2,8-9,11H2,1H3,(H,22,23). The normalized spacial score (nSPS) is 12.6. The highest BCUT2D eigenvalue weighted by molar-refractivity contribution is 6.07. The number of carbonyl (C=O) groups excluding carboxylic acids is 1. The number of carboxylic acids is 1. The average molecular weight is 359 g/mol. The first-order chi connectivity index (χ1) is 12.5. The number of carbonyl (C=O) groups is 2. The van der Waals surface area contributed by atoms with E-state index in [4.69, 9.17) is 14.6 Å². The van der Waals surface area contributed by atoms with Crippen LogP contribution < -0.4 is 14.4 Å². The first-order valence-corrected chi connectivity index (χ1v) is 8.22. The topological polar surface area (TPSA) is 76.1 Å². The summed E-state index contributed by atoms with van der Waals surface area (Å²) in [6.45, 7) is 2.00. The molecular weight excluding hydrogens is 341 g/mol. The Kier molecular flexibility index (Phi) is 5.06. The largest absolute Gasteiger partial charge is 0.490 e. The fourth-order valence-corrected chi connectivity index (χ4v) is 2.93. The second kappa shape index (κ2) is 7.43. The maximum Gasteiger partial charge on any atom is 0.341 e. The van der Waals surface area contributed by atoms with E-state index in [1.165, 1.54) is 23.1 Å². The van der Waals surface area contributed by atoms with Crippen LogP contribution in [0.25, 0.3) is 0 Å². The van der Waals surface area contributed by atoms with Gasteiger partial charge in [-0.3, -0.25) is 4.79 Å². The van der Waals surface area contributed by atoms with Gasteiger partial charge in [-0.25, -0.2) is 9.18 Å². The van der Waals surface area contributed by atoms with Crippen molar-refractivity contribution in [2.45, 2.75) is 13.3 Å². The van der Waals surface area contributed by atoms with E-state index in [1.54, 1.807) is 25.1 Å². The molecule has 0 saturated heterocycles. The first-order valence-electron chi connectivity index (χ1n) is 8.22. The van der Waals surface area contributed by atoms with E-state index < -0.39 is 12.6 Å². The minimum atomic E-state index is -1.11. The van der Waals surface area contributed by atoms with Crippen LogP contribution in [0, 0.1) is 5.82 Å². The second-order valence-corrected chi connectivity index (χ2v) is 5.72. The number of benzene rings is 2. The molecule has 2 aromatic carbocycles. The SMILES string of the molecule is CCOc1cc(C(=O)N2CCc3c(F)cccc32)ccc1OCC(=O)O. The monoisotopic (exact) mass is 359 g/mol. The molecule has 1 aliphatic heterocycles. The molecule has 0 fully saturated rings. The van der Waals surface area contributed by atoms with Crippen molar-refractivity contribution < 1.29 is 28.6 Å². The smallest absolute Gasteiger partial charge is 0.341 e. The number of rotatable bonds is 6. The summed E-state index contributed by atoms with van der Waals surface area (Å²) in [6, 6.07) is 9.24. The number of carboxylic acid groups (broad SMARTS) is 1. The van der Waals surface area contributed by atoms with E-state index in [0.717, 1.165) is 0 Å². The summed E-state index contributed by atoms with van der Waals surface area (Å²) in [6.07, 6.45) is 0.464. The highest BCUT2D eigenvalue weighted by atomic mass is 19.1. The highest BCUT2D eigenvalue weighted by Crippen LogP contribution is 2.33. The zero-order chi connectivity index (χ0) is 18.7. The maximum atomic E-state index is 13.9. The number of nitrogens with zero attached hydrogens (tertiary/aromatic N) is 1. The molecule has 3 rings (SSSR count). The predicted molar refractivity (Wildman–Crippen MR) is 92.5 cm³/mol. The first kappa shape index (κ1) is 17.7. The lowest BCUT2D eigenvalue weighted by atomic mass is 10.1. The van der Waals surface area contributed by atoms with Crippen LogP contribution in [0.3, 0.4) is 0 Å². The number of halogens is 1. The Hall–Kier alpha value is -3.09. The molecule has 1 heterocycles. The van der Waals surface area contributed by atoms with Crippen molar-refractivity contribution in [3.05, 3.63) is 53.3 Å². The lowest BCUT2D eigenvalue weighted by Crippen LogP contribution is -2.28. The fourth-order valence-electron chi connectivity index (χ4n) is 2.93. The van der Waals surface area contributed by atoms with Gasteiger partial charge in [-0.15, -0.1) is 0 Å². The van der Waals surface area contributed by atoms with Gasteiger partial charge >= 0.3 is 5.97 Å². The van der Waals surface area contributed by atoms with E-state index in [-0.39, 0.29) is 17.5 Å². The minimum absolute atomic E-state index is 0.249. The quantitative estimate of drug-likeness (QED) is 0.858. The molecule has 6 nitrogen and oxygen atoms in total. The molecule has 0 aromatic heterocycles. The molecule has 7 heteroatoms. The maximum absolute atomic E-state index is 13.9. The molecule has 0 radical (unpaired) electrons. The lowest BCUT2D eigenvalue weighted by Gasteiger charge is -2.18. The van der Waals surface area contributed by atoms with Gasteiger partial charge in [0.2, 0.25) is 0 Å². The van der Waals surface area contributed by atoms with E-state index in [2.05, 4.69) is 0 Å². The summed E-state index contributed by atoms with van der Waals surface area (Å²) >= 11 is 0. The van der Waals surface area contributed by atoms with Crippen LogP contribution >= 0.6 is 0 Å². The van der Waals surface area contributed by atoms with E-state index in [9.17, 15) is 14.0 Å². The number of aliphatic carboxylic acids is 1. The third-order valence-corrected chi connectivity index (χ3v) is 4.06. The van der Waals surface area contributed by atoms with Crippen LogP contribution in [-0.4, -0.2) is 36.7 Å². The summed E-state index contributed by atoms with van der Waals surface area (Å²) in [7, 11) is 0. The van der Waals surface area contributed by atoms with Crippen LogP contribution in [0.1, 0.15) is 22.8 Å². The molecule has 136 valence electrons. The number of anilines is 1. The average Bonchev–Trinajstić information content (AvgIpc) is 3.05. The van der Waals surface area contributed by atoms with Crippen molar-refractivity contribution in [3.8, 4) is 11.5 Å². The Morgan fingerprint density at radius 1 is 1.19 bits per heavy atom. The van der Waals surface area contributed by atoms with Crippen molar-refractivity contribution in [3.63, 3.8) is 0 Å². The Balaban J connectivity index is 1.88. The Bertz CT molecular complexity index is 852. The summed E-state index contributed by atoms with van der Waals surface area (Å²) in [5, 5.41) is 8.74. The lowest BCUT2D eigenvalue weighted by molar-refractivity contribution is -0.139. The molecule has 26 heavy (non-hydrogen) atoms.